The van der Waals surface area contributed by atoms with E-state index in [2.05, 4.69) is 15.3 Å². The first kappa shape index (κ1) is 22.3. The minimum Gasteiger partial charge on any atom is -0.495 e. The molecule has 1 amide bonds. The van der Waals surface area contributed by atoms with E-state index in [4.69, 9.17) is 16.3 Å². The highest BCUT2D eigenvalue weighted by atomic mass is 35.5. The first-order valence-corrected chi connectivity index (χ1v) is 11.8. The SMILES string of the molecule is COc1ccc(C)cc1-n1c(SCC(=O)Nc2nc(C)cs2)nc2cc(Cl)ccc2c1=O. The first-order valence-electron chi connectivity index (χ1n) is 9.58. The molecule has 4 rings (SSSR count). The number of hydrogen-bond acceptors (Lipinski definition) is 7. The number of amides is 1. The summed E-state index contributed by atoms with van der Waals surface area (Å²) in [5.74, 6) is 0.329. The number of carbonyl (C=O) groups is 1. The van der Waals surface area contributed by atoms with Gasteiger partial charge in [-0.15, -0.1) is 11.3 Å². The molecule has 0 radical (unpaired) electrons. The first-order chi connectivity index (χ1) is 15.4. The van der Waals surface area contributed by atoms with Crippen LogP contribution in [0.25, 0.3) is 16.6 Å². The summed E-state index contributed by atoms with van der Waals surface area (Å²) in [5, 5.41) is 6.42. The second-order valence-corrected chi connectivity index (χ2v) is 9.24. The zero-order valence-corrected chi connectivity index (χ0v) is 19.9. The Morgan fingerprint density at radius 2 is 2.03 bits per heavy atom. The number of nitrogens with zero attached hydrogens (tertiary/aromatic N) is 3. The number of halogens is 1. The third-order valence-corrected chi connectivity index (χ3v) is 6.62. The van der Waals surface area contributed by atoms with Gasteiger partial charge in [0.25, 0.3) is 5.56 Å². The molecule has 0 saturated carbocycles. The van der Waals surface area contributed by atoms with Crippen molar-refractivity contribution >= 4 is 56.6 Å². The van der Waals surface area contributed by atoms with Crippen molar-refractivity contribution in [1.29, 1.82) is 0 Å². The zero-order valence-electron chi connectivity index (χ0n) is 17.5. The van der Waals surface area contributed by atoms with E-state index in [1.807, 2.05) is 31.4 Å². The summed E-state index contributed by atoms with van der Waals surface area (Å²) in [5.41, 5.74) is 2.54. The fourth-order valence-electron chi connectivity index (χ4n) is 3.12. The Balaban J connectivity index is 1.78. The van der Waals surface area contributed by atoms with Crippen molar-refractivity contribution < 1.29 is 9.53 Å². The summed E-state index contributed by atoms with van der Waals surface area (Å²) < 4.78 is 6.98. The molecule has 10 heteroatoms. The van der Waals surface area contributed by atoms with Crippen molar-refractivity contribution in [2.45, 2.75) is 19.0 Å². The number of ether oxygens (including phenoxy) is 1. The van der Waals surface area contributed by atoms with E-state index in [0.29, 0.717) is 37.7 Å². The molecule has 0 bridgehead atoms. The van der Waals surface area contributed by atoms with Crippen molar-refractivity contribution in [2.75, 3.05) is 18.2 Å². The summed E-state index contributed by atoms with van der Waals surface area (Å²) in [6.07, 6.45) is 0. The van der Waals surface area contributed by atoms with Gasteiger partial charge in [-0.05, 0) is 49.7 Å². The Kier molecular flexibility index (Phi) is 6.50. The van der Waals surface area contributed by atoms with Gasteiger partial charge >= 0.3 is 0 Å². The van der Waals surface area contributed by atoms with Crippen molar-refractivity contribution in [3.8, 4) is 11.4 Å². The van der Waals surface area contributed by atoms with Gasteiger partial charge < -0.3 is 10.1 Å². The van der Waals surface area contributed by atoms with Crippen LogP contribution in [0.4, 0.5) is 5.13 Å². The number of anilines is 1. The maximum Gasteiger partial charge on any atom is 0.266 e. The van der Waals surface area contributed by atoms with Crippen molar-refractivity contribution in [2.24, 2.45) is 0 Å². The second-order valence-electron chi connectivity index (χ2n) is 7.00. The monoisotopic (exact) mass is 486 g/mol. The Hall–Kier alpha value is -2.88. The van der Waals surface area contributed by atoms with Gasteiger partial charge in [0.05, 0.1) is 35.1 Å². The molecule has 0 aliphatic rings. The van der Waals surface area contributed by atoms with Crippen molar-refractivity contribution in [1.82, 2.24) is 14.5 Å². The van der Waals surface area contributed by atoms with Gasteiger partial charge in [-0.25, -0.2) is 9.97 Å². The van der Waals surface area contributed by atoms with Crippen LogP contribution < -0.4 is 15.6 Å². The molecule has 2 aromatic carbocycles. The van der Waals surface area contributed by atoms with Crippen molar-refractivity contribution in [3.05, 3.63) is 68.4 Å². The van der Waals surface area contributed by atoms with Gasteiger partial charge in [0.1, 0.15) is 5.75 Å². The molecule has 0 fully saturated rings. The van der Waals surface area contributed by atoms with Crippen LogP contribution in [0.15, 0.2) is 51.7 Å². The van der Waals surface area contributed by atoms with E-state index in [9.17, 15) is 9.59 Å². The van der Waals surface area contributed by atoms with Gasteiger partial charge in [0, 0.05) is 10.4 Å². The molecule has 0 saturated heterocycles. The number of thioether (sulfide) groups is 1. The Morgan fingerprint density at radius 1 is 1.22 bits per heavy atom. The second kappa shape index (κ2) is 9.32. The fraction of sp³-hybridized carbons (Fsp3) is 0.182. The molecule has 0 aliphatic heterocycles. The zero-order chi connectivity index (χ0) is 22.8. The molecule has 4 aromatic rings. The average molecular weight is 487 g/mol. The number of thiazole rings is 1. The van der Waals surface area contributed by atoms with Crippen LogP contribution in [0.2, 0.25) is 5.02 Å². The van der Waals surface area contributed by atoms with Crippen LogP contribution in [0.5, 0.6) is 5.75 Å². The van der Waals surface area contributed by atoms with Crippen LogP contribution in [-0.2, 0) is 4.79 Å². The summed E-state index contributed by atoms with van der Waals surface area (Å²) in [4.78, 5) is 34.9. The molecular formula is C22H19ClN4O3S2. The molecule has 2 heterocycles. The molecule has 1 N–H and O–H groups in total. The minimum absolute atomic E-state index is 0.0469. The Bertz CT molecular complexity index is 1380. The van der Waals surface area contributed by atoms with Crippen LogP contribution in [0.1, 0.15) is 11.3 Å². The lowest BCUT2D eigenvalue weighted by Gasteiger charge is -2.16. The standard InChI is InChI=1S/C22H19ClN4O3S2/c1-12-4-7-18(30-3)17(8-12)27-20(29)15-6-5-14(23)9-16(15)25-22(27)32-11-19(28)26-21-24-13(2)10-31-21/h4-10H,11H2,1-3H3,(H,24,26,28). The fourth-order valence-corrected chi connectivity index (χ4v) is 4.80. The van der Waals surface area contributed by atoms with Crippen LogP contribution in [0, 0.1) is 13.8 Å². The topological polar surface area (TPSA) is 86.1 Å². The van der Waals surface area contributed by atoms with Crippen LogP contribution in [0.3, 0.4) is 0 Å². The molecular weight excluding hydrogens is 468 g/mol. The Labute approximate surface area is 197 Å². The minimum atomic E-state index is -0.269. The maximum atomic E-state index is 13.5. The molecule has 7 nitrogen and oxygen atoms in total. The predicted molar refractivity (Wildman–Crippen MR) is 130 cm³/mol. The number of methoxy groups -OCH3 is 1. The highest BCUT2D eigenvalue weighted by molar-refractivity contribution is 7.99. The lowest BCUT2D eigenvalue weighted by molar-refractivity contribution is -0.113. The summed E-state index contributed by atoms with van der Waals surface area (Å²) >= 11 is 8.63. The lowest BCUT2D eigenvalue weighted by Crippen LogP contribution is -2.23. The average Bonchev–Trinajstić information content (AvgIpc) is 3.16. The number of benzene rings is 2. The van der Waals surface area contributed by atoms with Crippen LogP contribution in [-0.4, -0.2) is 33.3 Å². The summed E-state index contributed by atoms with van der Waals surface area (Å²) in [6, 6.07) is 10.5. The third-order valence-electron chi connectivity index (χ3n) is 4.57. The van der Waals surface area contributed by atoms with Crippen LogP contribution >= 0.6 is 34.7 Å². The number of rotatable bonds is 6. The summed E-state index contributed by atoms with van der Waals surface area (Å²) in [6.45, 7) is 3.79. The molecule has 0 aliphatic carbocycles. The number of carbonyl (C=O) groups excluding carboxylic acids is 1. The number of hydrogen-bond donors (Lipinski definition) is 1. The molecule has 164 valence electrons. The maximum absolute atomic E-state index is 13.5. The number of nitrogens with one attached hydrogen (secondary N) is 1. The summed E-state index contributed by atoms with van der Waals surface area (Å²) in [7, 11) is 1.55. The predicted octanol–water partition coefficient (Wildman–Crippen LogP) is 4.85. The number of aryl methyl sites for hydroxylation is 2. The van der Waals surface area contributed by atoms with E-state index in [0.717, 1.165) is 23.0 Å². The lowest BCUT2D eigenvalue weighted by atomic mass is 10.2. The molecule has 0 atom stereocenters. The normalized spacial score (nSPS) is 11.0. The Morgan fingerprint density at radius 3 is 2.75 bits per heavy atom. The van der Waals surface area contributed by atoms with E-state index >= 15 is 0 Å². The highest BCUT2D eigenvalue weighted by Gasteiger charge is 2.18. The van der Waals surface area contributed by atoms with E-state index < -0.39 is 0 Å². The van der Waals surface area contributed by atoms with Crippen molar-refractivity contribution in [3.63, 3.8) is 0 Å². The molecule has 32 heavy (non-hydrogen) atoms. The third kappa shape index (κ3) is 4.64. The van der Waals surface area contributed by atoms with Gasteiger partial charge in [0.2, 0.25) is 5.91 Å². The van der Waals surface area contributed by atoms with Gasteiger partial charge in [-0.2, -0.15) is 0 Å². The van der Waals surface area contributed by atoms with E-state index in [1.165, 1.54) is 15.9 Å². The van der Waals surface area contributed by atoms with E-state index in [-0.39, 0.29) is 17.2 Å². The van der Waals surface area contributed by atoms with Gasteiger partial charge in [0.15, 0.2) is 10.3 Å². The quantitative estimate of drug-likeness (QED) is 0.309. The number of fused-ring (bicyclic) bond motifs is 1. The smallest absolute Gasteiger partial charge is 0.266 e. The van der Waals surface area contributed by atoms with Gasteiger partial charge in [-0.1, -0.05) is 29.4 Å². The number of aromatic nitrogens is 3. The van der Waals surface area contributed by atoms with Gasteiger partial charge in [-0.3, -0.25) is 14.2 Å². The molecule has 0 unspecified atom stereocenters. The highest BCUT2D eigenvalue weighted by Crippen LogP contribution is 2.29. The molecule has 0 spiro atoms. The van der Waals surface area contributed by atoms with E-state index in [1.54, 1.807) is 31.4 Å². The largest absolute Gasteiger partial charge is 0.495 e. The molecule has 2 aromatic heterocycles.